The van der Waals surface area contributed by atoms with E-state index in [0.29, 0.717) is 22.9 Å². The summed E-state index contributed by atoms with van der Waals surface area (Å²) in [6, 6.07) is 22.1. The Morgan fingerprint density at radius 1 is 1.00 bits per heavy atom. The third-order valence-electron chi connectivity index (χ3n) is 6.42. The molecule has 1 unspecified atom stereocenters. The zero-order chi connectivity index (χ0) is 29.1. The fourth-order valence-corrected chi connectivity index (χ4v) is 5.29. The van der Waals surface area contributed by atoms with Gasteiger partial charge in [-0.15, -0.1) is 0 Å². The SMILES string of the molecule is CCCCNC(=O)C(Cc1ccccc1)N(Cc1ccccc1Cl)C(=O)CN(c1cccc(OC)c1)S(C)(=O)=O. The van der Waals surface area contributed by atoms with Gasteiger partial charge in [0.05, 0.1) is 19.1 Å². The highest BCUT2D eigenvalue weighted by Crippen LogP contribution is 2.25. The highest BCUT2D eigenvalue weighted by atomic mass is 35.5. The van der Waals surface area contributed by atoms with E-state index in [-0.39, 0.29) is 24.6 Å². The van der Waals surface area contributed by atoms with Gasteiger partial charge in [0, 0.05) is 30.6 Å². The fourth-order valence-electron chi connectivity index (χ4n) is 4.25. The van der Waals surface area contributed by atoms with Gasteiger partial charge < -0.3 is 15.0 Å². The molecule has 3 rings (SSSR count). The molecule has 0 heterocycles. The van der Waals surface area contributed by atoms with E-state index in [4.69, 9.17) is 16.3 Å². The molecule has 0 radical (unpaired) electrons. The summed E-state index contributed by atoms with van der Waals surface area (Å²) in [7, 11) is -2.39. The Bertz CT molecular complexity index is 1380. The molecule has 10 heteroatoms. The van der Waals surface area contributed by atoms with Crippen LogP contribution in [0.2, 0.25) is 5.02 Å². The minimum atomic E-state index is -3.87. The molecule has 0 saturated carbocycles. The Morgan fingerprint density at radius 3 is 2.35 bits per heavy atom. The molecule has 214 valence electrons. The van der Waals surface area contributed by atoms with Gasteiger partial charge in [0.15, 0.2) is 0 Å². The van der Waals surface area contributed by atoms with Crippen molar-refractivity contribution in [2.75, 3.05) is 30.8 Å². The first-order valence-corrected chi connectivity index (χ1v) is 15.3. The number of benzene rings is 3. The lowest BCUT2D eigenvalue weighted by Crippen LogP contribution is -2.53. The largest absolute Gasteiger partial charge is 0.497 e. The summed E-state index contributed by atoms with van der Waals surface area (Å²) in [5.74, 6) is -0.409. The third-order valence-corrected chi connectivity index (χ3v) is 7.93. The van der Waals surface area contributed by atoms with E-state index in [2.05, 4.69) is 5.32 Å². The topological polar surface area (TPSA) is 96.0 Å². The van der Waals surface area contributed by atoms with Crippen molar-refractivity contribution >= 4 is 39.1 Å². The van der Waals surface area contributed by atoms with Crippen LogP contribution in [-0.2, 0) is 32.6 Å². The maximum atomic E-state index is 14.1. The number of ether oxygens (including phenoxy) is 1. The summed E-state index contributed by atoms with van der Waals surface area (Å²) in [5, 5.41) is 3.40. The van der Waals surface area contributed by atoms with Crippen molar-refractivity contribution < 1.29 is 22.7 Å². The van der Waals surface area contributed by atoms with Gasteiger partial charge in [-0.05, 0) is 35.7 Å². The average Bonchev–Trinajstić information content (AvgIpc) is 2.94. The zero-order valence-electron chi connectivity index (χ0n) is 23.0. The van der Waals surface area contributed by atoms with Gasteiger partial charge in [0.25, 0.3) is 0 Å². The Balaban J connectivity index is 2.05. The van der Waals surface area contributed by atoms with Crippen LogP contribution in [0, 0.1) is 0 Å². The van der Waals surface area contributed by atoms with Crippen LogP contribution in [0.5, 0.6) is 5.75 Å². The van der Waals surface area contributed by atoms with Crippen molar-refractivity contribution in [2.45, 2.75) is 38.8 Å². The fraction of sp³-hybridized carbons (Fsp3) is 0.333. The Kier molecular flexibility index (Phi) is 11.4. The Hall–Kier alpha value is -3.56. The van der Waals surface area contributed by atoms with Crippen LogP contribution in [-0.4, -0.2) is 57.6 Å². The van der Waals surface area contributed by atoms with Crippen LogP contribution in [0.15, 0.2) is 78.9 Å². The molecule has 40 heavy (non-hydrogen) atoms. The first-order chi connectivity index (χ1) is 19.1. The Labute approximate surface area is 241 Å². The van der Waals surface area contributed by atoms with Gasteiger partial charge >= 0.3 is 0 Å². The van der Waals surface area contributed by atoms with Crippen molar-refractivity contribution in [1.82, 2.24) is 10.2 Å². The lowest BCUT2D eigenvalue weighted by atomic mass is 10.0. The number of nitrogens with one attached hydrogen (secondary N) is 1. The summed E-state index contributed by atoms with van der Waals surface area (Å²) < 4.78 is 32.1. The summed E-state index contributed by atoms with van der Waals surface area (Å²) >= 11 is 6.47. The monoisotopic (exact) mass is 585 g/mol. The maximum absolute atomic E-state index is 14.1. The predicted octanol–water partition coefficient (Wildman–Crippen LogP) is 4.67. The highest BCUT2D eigenvalue weighted by Gasteiger charge is 2.33. The average molecular weight is 586 g/mol. The second-order valence-electron chi connectivity index (χ2n) is 9.43. The van der Waals surface area contributed by atoms with Crippen molar-refractivity contribution in [3.05, 3.63) is 95.0 Å². The van der Waals surface area contributed by atoms with Gasteiger partial charge in [0.2, 0.25) is 21.8 Å². The quantitative estimate of drug-likeness (QED) is 0.277. The molecule has 0 aliphatic heterocycles. The molecule has 3 aromatic carbocycles. The van der Waals surface area contributed by atoms with Gasteiger partial charge in [-0.25, -0.2) is 8.42 Å². The number of nitrogens with zero attached hydrogens (tertiary/aromatic N) is 2. The molecule has 0 fully saturated rings. The summed E-state index contributed by atoms with van der Waals surface area (Å²) in [6.45, 7) is 2.00. The lowest BCUT2D eigenvalue weighted by Gasteiger charge is -2.33. The smallest absolute Gasteiger partial charge is 0.244 e. The summed E-state index contributed by atoms with van der Waals surface area (Å²) in [6.07, 6.45) is 2.97. The van der Waals surface area contributed by atoms with E-state index in [0.717, 1.165) is 29.0 Å². The molecule has 1 N–H and O–H groups in total. The lowest BCUT2D eigenvalue weighted by molar-refractivity contribution is -0.140. The van der Waals surface area contributed by atoms with Crippen molar-refractivity contribution in [3.8, 4) is 5.75 Å². The standard InChI is InChI=1S/C30H36ClN3O5S/c1-4-5-18-32-30(36)28(19-23-12-7-6-8-13-23)33(21-24-14-9-10-17-27(24)31)29(35)22-34(40(3,37)38)25-15-11-16-26(20-25)39-2/h6-17,20,28H,4-5,18-19,21-22H2,1-3H3,(H,32,36). The van der Waals surface area contributed by atoms with E-state index < -0.39 is 28.5 Å². The second-order valence-corrected chi connectivity index (χ2v) is 11.7. The molecule has 0 saturated heterocycles. The van der Waals surface area contributed by atoms with Crippen LogP contribution in [0.4, 0.5) is 5.69 Å². The van der Waals surface area contributed by atoms with Crippen LogP contribution in [0.25, 0.3) is 0 Å². The van der Waals surface area contributed by atoms with E-state index in [9.17, 15) is 18.0 Å². The van der Waals surface area contributed by atoms with Gasteiger partial charge in [-0.3, -0.25) is 13.9 Å². The van der Waals surface area contributed by atoms with Crippen molar-refractivity contribution in [3.63, 3.8) is 0 Å². The number of carbonyl (C=O) groups is 2. The van der Waals surface area contributed by atoms with Crippen LogP contribution < -0.4 is 14.4 Å². The molecular formula is C30H36ClN3O5S. The van der Waals surface area contributed by atoms with E-state index in [1.807, 2.05) is 37.3 Å². The van der Waals surface area contributed by atoms with E-state index in [1.54, 1.807) is 48.5 Å². The molecule has 0 aliphatic rings. The van der Waals surface area contributed by atoms with E-state index >= 15 is 0 Å². The molecule has 1 atom stereocenters. The van der Waals surface area contributed by atoms with Crippen LogP contribution >= 0.6 is 11.6 Å². The van der Waals surface area contributed by atoms with Gasteiger partial charge in [0.1, 0.15) is 18.3 Å². The number of amides is 2. The first kappa shape index (κ1) is 31.0. The summed E-state index contributed by atoms with van der Waals surface area (Å²) in [5.41, 5.74) is 1.78. The highest BCUT2D eigenvalue weighted by molar-refractivity contribution is 7.92. The molecule has 0 aliphatic carbocycles. The van der Waals surface area contributed by atoms with Crippen LogP contribution in [0.3, 0.4) is 0 Å². The number of unbranched alkanes of at least 4 members (excludes halogenated alkanes) is 1. The van der Waals surface area contributed by atoms with Gasteiger partial charge in [-0.2, -0.15) is 0 Å². The molecular weight excluding hydrogens is 550 g/mol. The molecule has 0 spiro atoms. The Morgan fingerprint density at radius 2 is 1.70 bits per heavy atom. The third kappa shape index (κ3) is 8.72. The molecule has 2 amide bonds. The minimum absolute atomic E-state index is 0.0208. The summed E-state index contributed by atoms with van der Waals surface area (Å²) in [4.78, 5) is 29.1. The number of hydrogen-bond donors (Lipinski definition) is 1. The van der Waals surface area contributed by atoms with E-state index in [1.165, 1.54) is 12.0 Å². The molecule has 0 aromatic heterocycles. The molecule has 8 nitrogen and oxygen atoms in total. The zero-order valence-corrected chi connectivity index (χ0v) is 24.6. The maximum Gasteiger partial charge on any atom is 0.244 e. The normalized spacial score (nSPS) is 11.9. The molecule has 0 bridgehead atoms. The van der Waals surface area contributed by atoms with Crippen molar-refractivity contribution in [2.24, 2.45) is 0 Å². The predicted molar refractivity (Wildman–Crippen MR) is 159 cm³/mol. The molecule has 3 aromatic rings. The van der Waals surface area contributed by atoms with Crippen LogP contribution in [0.1, 0.15) is 30.9 Å². The first-order valence-electron chi connectivity index (χ1n) is 13.1. The number of rotatable bonds is 14. The minimum Gasteiger partial charge on any atom is -0.497 e. The number of methoxy groups -OCH3 is 1. The van der Waals surface area contributed by atoms with Gasteiger partial charge in [-0.1, -0.05) is 79.5 Å². The number of carbonyl (C=O) groups excluding carboxylic acids is 2. The van der Waals surface area contributed by atoms with Crippen molar-refractivity contribution in [1.29, 1.82) is 0 Å². The number of halogens is 1. The number of hydrogen-bond acceptors (Lipinski definition) is 5. The number of sulfonamides is 1. The second kappa shape index (κ2) is 14.7. The number of anilines is 1.